The van der Waals surface area contributed by atoms with Crippen molar-refractivity contribution in [2.45, 2.75) is 67.4 Å². The van der Waals surface area contributed by atoms with Crippen LogP contribution in [0.3, 0.4) is 0 Å². The van der Waals surface area contributed by atoms with Crippen LogP contribution in [0.1, 0.15) is 45.4 Å². The van der Waals surface area contributed by atoms with Crippen molar-refractivity contribution in [3.05, 3.63) is 30.1 Å². The number of hydrogen-bond donors (Lipinski definition) is 0. The number of likely N-dealkylation sites (tertiary alicyclic amines) is 1. The first-order valence-electron chi connectivity index (χ1n) is 10.5. The molecule has 160 valence electrons. The Balaban J connectivity index is 1.37. The average molecular weight is 462 g/mol. The summed E-state index contributed by atoms with van der Waals surface area (Å²) >= 11 is 4.91. The summed E-state index contributed by atoms with van der Waals surface area (Å²) in [7, 11) is 0. The number of para-hydroxylation sites is 1. The molecule has 9 heteroatoms. The second-order valence-electron chi connectivity index (χ2n) is 7.31. The summed E-state index contributed by atoms with van der Waals surface area (Å²) in [5.74, 6) is 2.31. The van der Waals surface area contributed by atoms with Crippen molar-refractivity contribution in [1.29, 1.82) is 0 Å². The standard InChI is InChI=1S/C21H27N5OS3/c1-3-15-9-7-8-12-26(15)19(27)14-28-20-24-23-18(25(20)4-2)13-29-21-22-16-10-5-6-11-17(16)30-21/h5-6,10-11,15H,3-4,7-9,12-14H2,1-2H3. The van der Waals surface area contributed by atoms with Crippen LogP contribution in [0, 0.1) is 0 Å². The van der Waals surface area contributed by atoms with Gasteiger partial charge in [0.15, 0.2) is 9.50 Å². The highest BCUT2D eigenvalue weighted by atomic mass is 32.2. The molecule has 0 spiro atoms. The van der Waals surface area contributed by atoms with Crippen LogP contribution in [0.2, 0.25) is 0 Å². The molecule has 0 aliphatic carbocycles. The number of rotatable bonds is 8. The van der Waals surface area contributed by atoms with Gasteiger partial charge >= 0.3 is 0 Å². The highest BCUT2D eigenvalue weighted by Gasteiger charge is 2.25. The third-order valence-electron chi connectivity index (χ3n) is 5.45. The zero-order chi connectivity index (χ0) is 20.9. The van der Waals surface area contributed by atoms with Crippen molar-refractivity contribution < 1.29 is 4.79 Å². The van der Waals surface area contributed by atoms with E-state index in [9.17, 15) is 4.79 Å². The van der Waals surface area contributed by atoms with E-state index >= 15 is 0 Å². The number of hydrogen-bond acceptors (Lipinski definition) is 7. The average Bonchev–Trinajstić information content (AvgIpc) is 3.38. The molecule has 1 saturated heterocycles. The van der Waals surface area contributed by atoms with Gasteiger partial charge in [-0.25, -0.2) is 4.98 Å². The number of fused-ring (bicyclic) bond motifs is 1. The Labute approximate surface area is 189 Å². The molecule has 0 bridgehead atoms. The van der Waals surface area contributed by atoms with Gasteiger partial charge in [0.05, 0.1) is 21.7 Å². The summed E-state index contributed by atoms with van der Waals surface area (Å²) in [5.41, 5.74) is 1.04. The lowest BCUT2D eigenvalue weighted by molar-refractivity contribution is -0.132. The number of benzene rings is 1. The van der Waals surface area contributed by atoms with Gasteiger partial charge in [0.2, 0.25) is 5.91 Å². The van der Waals surface area contributed by atoms with E-state index in [0.29, 0.717) is 11.8 Å². The van der Waals surface area contributed by atoms with Gasteiger partial charge in [-0.2, -0.15) is 0 Å². The van der Waals surface area contributed by atoms with E-state index < -0.39 is 0 Å². The van der Waals surface area contributed by atoms with Crippen molar-refractivity contribution in [2.24, 2.45) is 0 Å². The highest BCUT2D eigenvalue weighted by molar-refractivity contribution is 8.00. The van der Waals surface area contributed by atoms with Gasteiger partial charge in [-0.3, -0.25) is 4.79 Å². The molecule has 1 unspecified atom stereocenters. The minimum absolute atomic E-state index is 0.225. The molecule has 1 atom stereocenters. The molecule has 30 heavy (non-hydrogen) atoms. The second-order valence-corrected chi connectivity index (χ2v) is 10.5. The molecule has 2 aromatic heterocycles. The summed E-state index contributed by atoms with van der Waals surface area (Å²) in [4.78, 5) is 19.5. The van der Waals surface area contributed by atoms with Gasteiger partial charge in [0.1, 0.15) is 5.82 Å². The van der Waals surface area contributed by atoms with E-state index in [-0.39, 0.29) is 5.91 Å². The largest absolute Gasteiger partial charge is 0.339 e. The van der Waals surface area contributed by atoms with Gasteiger partial charge < -0.3 is 9.47 Å². The fraction of sp³-hybridized carbons (Fsp3) is 0.524. The lowest BCUT2D eigenvalue weighted by atomic mass is 10.0. The number of nitrogens with zero attached hydrogens (tertiary/aromatic N) is 5. The Bertz CT molecular complexity index is 969. The first kappa shape index (κ1) is 21.6. The summed E-state index contributed by atoms with van der Waals surface area (Å²) in [5, 5.41) is 9.60. The van der Waals surface area contributed by atoms with Crippen molar-refractivity contribution in [1.82, 2.24) is 24.6 Å². The fourth-order valence-corrected chi connectivity index (χ4v) is 6.77. The van der Waals surface area contributed by atoms with Crippen molar-refractivity contribution in [3.63, 3.8) is 0 Å². The minimum Gasteiger partial charge on any atom is -0.339 e. The molecule has 0 N–H and O–H groups in total. The summed E-state index contributed by atoms with van der Waals surface area (Å²) in [6.45, 7) is 5.95. The summed E-state index contributed by atoms with van der Waals surface area (Å²) in [6.07, 6.45) is 4.51. The first-order valence-corrected chi connectivity index (χ1v) is 13.3. The number of aromatic nitrogens is 4. The predicted octanol–water partition coefficient (Wildman–Crippen LogP) is 5.08. The lowest BCUT2D eigenvalue weighted by Crippen LogP contribution is -2.44. The minimum atomic E-state index is 0.225. The normalized spacial score (nSPS) is 17.0. The van der Waals surface area contributed by atoms with E-state index in [1.807, 2.05) is 18.2 Å². The Kier molecular flexibility index (Phi) is 7.32. The molecular formula is C21H27N5OS3. The van der Waals surface area contributed by atoms with Crippen LogP contribution >= 0.6 is 34.9 Å². The predicted molar refractivity (Wildman–Crippen MR) is 125 cm³/mol. The summed E-state index contributed by atoms with van der Waals surface area (Å²) in [6, 6.07) is 8.60. The summed E-state index contributed by atoms with van der Waals surface area (Å²) < 4.78 is 4.36. The SMILES string of the molecule is CCC1CCCCN1C(=O)CSc1nnc(CSc2nc3ccccc3s2)n1CC. The lowest BCUT2D eigenvalue weighted by Gasteiger charge is -2.35. The van der Waals surface area contributed by atoms with Crippen molar-refractivity contribution >= 4 is 51.0 Å². The molecule has 0 saturated carbocycles. The van der Waals surface area contributed by atoms with Crippen molar-refractivity contribution in [3.8, 4) is 0 Å². The van der Waals surface area contributed by atoms with Gasteiger partial charge in [-0.1, -0.05) is 42.6 Å². The number of thioether (sulfide) groups is 2. The van der Waals surface area contributed by atoms with Crippen LogP contribution in [0.5, 0.6) is 0 Å². The van der Waals surface area contributed by atoms with E-state index in [1.165, 1.54) is 22.9 Å². The van der Waals surface area contributed by atoms with Crippen LogP contribution in [0.25, 0.3) is 10.2 Å². The number of amides is 1. The van der Waals surface area contributed by atoms with E-state index in [1.54, 1.807) is 23.1 Å². The van der Waals surface area contributed by atoms with Crippen LogP contribution in [0.4, 0.5) is 0 Å². The van der Waals surface area contributed by atoms with Crippen LogP contribution in [-0.4, -0.2) is 48.9 Å². The third kappa shape index (κ3) is 4.84. The molecular weight excluding hydrogens is 434 g/mol. The van der Waals surface area contributed by atoms with Gasteiger partial charge in [-0.05, 0) is 44.7 Å². The highest BCUT2D eigenvalue weighted by Crippen LogP contribution is 2.31. The molecule has 0 radical (unpaired) electrons. The Morgan fingerprint density at radius 1 is 1.20 bits per heavy atom. The maximum atomic E-state index is 12.8. The molecule has 6 nitrogen and oxygen atoms in total. The van der Waals surface area contributed by atoms with E-state index in [0.717, 1.165) is 58.9 Å². The Hall–Kier alpha value is -1.58. The molecule has 1 amide bonds. The maximum absolute atomic E-state index is 12.8. The number of piperidine rings is 1. The monoisotopic (exact) mass is 461 g/mol. The number of carbonyl (C=O) groups is 1. The molecule has 1 aliphatic rings. The zero-order valence-corrected chi connectivity index (χ0v) is 19.9. The zero-order valence-electron chi connectivity index (χ0n) is 17.4. The molecule has 3 heterocycles. The van der Waals surface area contributed by atoms with Crippen LogP contribution < -0.4 is 0 Å². The smallest absolute Gasteiger partial charge is 0.233 e. The van der Waals surface area contributed by atoms with Gasteiger partial charge in [0.25, 0.3) is 0 Å². The molecule has 1 fully saturated rings. The third-order valence-corrected chi connectivity index (χ3v) is 8.58. The first-order chi connectivity index (χ1) is 14.7. The Morgan fingerprint density at radius 2 is 2.07 bits per heavy atom. The van der Waals surface area contributed by atoms with Crippen LogP contribution in [0.15, 0.2) is 33.8 Å². The van der Waals surface area contributed by atoms with Crippen molar-refractivity contribution in [2.75, 3.05) is 12.3 Å². The topological polar surface area (TPSA) is 63.9 Å². The second kappa shape index (κ2) is 10.2. The maximum Gasteiger partial charge on any atom is 0.233 e. The Morgan fingerprint density at radius 3 is 2.87 bits per heavy atom. The molecule has 4 rings (SSSR count). The molecule has 1 aliphatic heterocycles. The fourth-order valence-electron chi connectivity index (χ4n) is 3.85. The van der Waals surface area contributed by atoms with E-state index in [4.69, 9.17) is 0 Å². The quantitative estimate of drug-likeness (QED) is 0.436. The van der Waals surface area contributed by atoms with E-state index in [2.05, 4.69) is 44.6 Å². The molecule has 3 aromatic rings. The van der Waals surface area contributed by atoms with Gasteiger partial charge in [-0.15, -0.1) is 21.5 Å². The number of carbonyl (C=O) groups excluding carboxylic acids is 1. The van der Waals surface area contributed by atoms with Crippen LogP contribution in [-0.2, 0) is 17.1 Å². The number of thiazole rings is 1. The molecule has 1 aromatic carbocycles. The van der Waals surface area contributed by atoms with Gasteiger partial charge in [0, 0.05) is 19.1 Å².